The van der Waals surface area contributed by atoms with Crippen molar-refractivity contribution in [2.45, 2.75) is 17.6 Å². The number of aryl methyl sites for hydroxylation is 1. The van der Waals surface area contributed by atoms with Gasteiger partial charge in [0, 0.05) is 27.6 Å². The average molecular weight is 394 g/mol. The summed E-state index contributed by atoms with van der Waals surface area (Å²) in [6.45, 7) is 1.73. The van der Waals surface area contributed by atoms with Crippen molar-refractivity contribution in [3.63, 3.8) is 0 Å². The molecule has 0 aliphatic heterocycles. The molecule has 8 heteroatoms. The number of nitrogens with zero attached hydrogens (tertiary/aromatic N) is 2. The highest BCUT2D eigenvalue weighted by Crippen LogP contribution is 2.27. The summed E-state index contributed by atoms with van der Waals surface area (Å²) < 4.78 is 4.95. The van der Waals surface area contributed by atoms with Gasteiger partial charge in [0.05, 0.1) is 11.3 Å². The number of carbonyl (C=O) groups is 1. The molecule has 0 aliphatic rings. The molecule has 1 N–H and O–H groups in total. The number of thioether (sulfide) groups is 1. The summed E-state index contributed by atoms with van der Waals surface area (Å²) in [6, 6.07) is 12.2. The van der Waals surface area contributed by atoms with E-state index in [0.29, 0.717) is 38.8 Å². The lowest BCUT2D eigenvalue weighted by Gasteiger charge is -2.10. The molecule has 0 unspecified atom stereocenters. The molecule has 3 aromatic rings. The summed E-state index contributed by atoms with van der Waals surface area (Å²) in [6.07, 6.45) is 0. The maximum Gasteiger partial charge on any atom is 0.256 e. The van der Waals surface area contributed by atoms with E-state index in [1.165, 1.54) is 11.8 Å². The minimum absolute atomic E-state index is 0.245. The number of nitrogens with one attached hydrogen (secondary N) is 1. The molecule has 0 saturated carbocycles. The number of halogens is 2. The van der Waals surface area contributed by atoms with Gasteiger partial charge in [-0.1, -0.05) is 40.5 Å². The van der Waals surface area contributed by atoms with Crippen LogP contribution in [-0.2, 0) is 5.75 Å². The first-order valence-electron chi connectivity index (χ1n) is 7.30. The van der Waals surface area contributed by atoms with Crippen LogP contribution in [0.5, 0.6) is 0 Å². The van der Waals surface area contributed by atoms with Crippen molar-refractivity contribution < 1.29 is 9.32 Å². The van der Waals surface area contributed by atoms with Crippen molar-refractivity contribution in [3.8, 4) is 0 Å². The van der Waals surface area contributed by atoms with E-state index in [4.69, 9.17) is 27.7 Å². The van der Waals surface area contributed by atoms with Crippen LogP contribution in [0.2, 0.25) is 10.0 Å². The zero-order valence-corrected chi connectivity index (χ0v) is 15.5. The largest absolute Gasteiger partial charge is 0.340 e. The van der Waals surface area contributed by atoms with Crippen molar-refractivity contribution in [2.75, 3.05) is 5.32 Å². The fraction of sp³-hybridized carbons (Fsp3) is 0.118. The van der Waals surface area contributed by atoms with E-state index in [1.807, 2.05) is 18.2 Å². The SMILES string of the molecule is Cc1nc(CSc2ccccc2C(=O)Nc2cc(Cl)cc(Cl)c2)no1. The number of aromatic nitrogens is 2. The van der Waals surface area contributed by atoms with Gasteiger partial charge in [0.2, 0.25) is 5.89 Å². The Morgan fingerprint density at radius 1 is 1.20 bits per heavy atom. The van der Waals surface area contributed by atoms with Gasteiger partial charge in [0.15, 0.2) is 5.82 Å². The Labute approximate surface area is 158 Å². The first-order chi connectivity index (χ1) is 12.0. The molecule has 1 aromatic heterocycles. The topological polar surface area (TPSA) is 68.0 Å². The molecule has 128 valence electrons. The summed E-state index contributed by atoms with van der Waals surface area (Å²) in [5, 5.41) is 7.58. The number of benzene rings is 2. The monoisotopic (exact) mass is 393 g/mol. The minimum atomic E-state index is -0.245. The molecule has 0 fully saturated rings. The Hall–Kier alpha value is -2.02. The van der Waals surface area contributed by atoms with Crippen molar-refractivity contribution in [3.05, 3.63) is 69.8 Å². The van der Waals surface area contributed by atoms with Crippen LogP contribution in [-0.4, -0.2) is 16.0 Å². The van der Waals surface area contributed by atoms with E-state index in [9.17, 15) is 4.79 Å². The molecular weight excluding hydrogens is 381 g/mol. The third-order valence-electron chi connectivity index (χ3n) is 3.18. The second-order valence-electron chi connectivity index (χ2n) is 5.13. The van der Waals surface area contributed by atoms with E-state index in [-0.39, 0.29) is 5.91 Å². The maximum absolute atomic E-state index is 12.6. The number of hydrogen-bond acceptors (Lipinski definition) is 5. The molecule has 0 spiro atoms. The van der Waals surface area contributed by atoms with Crippen LogP contribution in [0.4, 0.5) is 5.69 Å². The van der Waals surface area contributed by atoms with Gasteiger partial charge in [0.1, 0.15) is 0 Å². The summed E-state index contributed by atoms with van der Waals surface area (Å²) in [4.78, 5) is 17.6. The van der Waals surface area contributed by atoms with Crippen molar-refractivity contribution >= 4 is 46.6 Å². The number of anilines is 1. The number of rotatable bonds is 5. The van der Waals surface area contributed by atoms with E-state index in [1.54, 1.807) is 31.2 Å². The van der Waals surface area contributed by atoms with E-state index in [2.05, 4.69) is 15.5 Å². The Kier molecular flexibility index (Phi) is 5.63. The smallest absolute Gasteiger partial charge is 0.256 e. The minimum Gasteiger partial charge on any atom is -0.340 e. The third kappa shape index (κ3) is 4.75. The van der Waals surface area contributed by atoms with Crippen molar-refractivity contribution in [1.29, 1.82) is 0 Å². The summed E-state index contributed by atoms with van der Waals surface area (Å²) in [5.41, 5.74) is 1.08. The van der Waals surface area contributed by atoms with Gasteiger partial charge in [-0.3, -0.25) is 4.79 Å². The first-order valence-corrected chi connectivity index (χ1v) is 9.04. The van der Waals surface area contributed by atoms with Gasteiger partial charge in [-0.25, -0.2) is 0 Å². The molecular formula is C17H13Cl2N3O2S. The fourth-order valence-electron chi connectivity index (χ4n) is 2.15. The predicted octanol–water partition coefficient (Wildman–Crippen LogP) is 5.23. The van der Waals surface area contributed by atoms with Crippen LogP contribution >= 0.6 is 35.0 Å². The Morgan fingerprint density at radius 3 is 2.60 bits per heavy atom. The normalized spacial score (nSPS) is 10.7. The summed E-state index contributed by atoms with van der Waals surface area (Å²) in [5.74, 6) is 1.36. The molecule has 0 radical (unpaired) electrons. The molecule has 3 rings (SSSR count). The highest BCUT2D eigenvalue weighted by molar-refractivity contribution is 7.98. The second-order valence-corrected chi connectivity index (χ2v) is 7.02. The zero-order chi connectivity index (χ0) is 17.8. The van der Waals surface area contributed by atoms with Crippen LogP contribution in [0, 0.1) is 6.92 Å². The number of carbonyl (C=O) groups excluding carboxylic acids is 1. The molecule has 25 heavy (non-hydrogen) atoms. The van der Waals surface area contributed by atoms with E-state index < -0.39 is 0 Å². The van der Waals surface area contributed by atoms with Gasteiger partial charge < -0.3 is 9.84 Å². The Balaban J connectivity index is 1.76. The molecule has 2 aromatic carbocycles. The molecule has 0 saturated heterocycles. The average Bonchev–Trinajstić information content (AvgIpc) is 2.97. The molecule has 5 nitrogen and oxygen atoms in total. The van der Waals surface area contributed by atoms with Crippen LogP contribution in [0.3, 0.4) is 0 Å². The second kappa shape index (κ2) is 7.91. The van der Waals surface area contributed by atoms with E-state index in [0.717, 1.165) is 4.90 Å². The Bertz CT molecular complexity index is 894. The number of hydrogen-bond donors (Lipinski definition) is 1. The highest BCUT2D eigenvalue weighted by atomic mass is 35.5. The number of amides is 1. The van der Waals surface area contributed by atoms with Gasteiger partial charge in [-0.05, 0) is 30.3 Å². The maximum atomic E-state index is 12.6. The van der Waals surface area contributed by atoms with Gasteiger partial charge in [0.25, 0.3) is 5.91 Å². The highest BCUT2D eigenvalue weighted by Gasteiger charge is 2.13. The lowest BCUT2D eigenvalue weighted by molar-refractivity contribution is 0.102. The summed E-state index contributed by atoms with van der Waals surface area (Å²) in [7, 11) is 0. The van der Waals surface area contributed by atoms with Crippen LogP contribution in [0.15, 0.2) is 51.9 Å². The first kappa shape index (κ1) is 17.8. The summed E-state index contributed by atoms with van der Waals surface area (Å²) >= 11 is 13.4. The molecule has 0 aliphatic carbocycles. The standard InChI is InChI=1S/C17H13Cl2N3O2S/c1-10-20-16(22-24-10)9-25-15-5-3-2-4-14(15)17(23)21-13-7-11(18)6-12(19)8-13/h2-8H,9H2,1H3,(H,21,23). The van der Waals surface area contributed by atoms with Crippen molar-refractivity contribution in [2.24, 2.45) is 0 Å². The van der Waals surface area contributed by atoms with Crippen LogP contribution < -0.4 is 5.32 Å². The van der Waals surface area contributed by atoms with E-state index >= 15 is 0 Å². The third-order valence-corrected chi connectivity index (χ3v) is 4.68. The van der Waals surface area contributed by atoms with Crippen molar-refractivity contribution in [1.82, 2.24) is 10.1 Å². The zero-order valence-electron chi connectivity index (χ0n) is 13.1. The van der Waals surface area contributed by atoms with Gasteiger partial charge >= 0.3 is 0 Å². The molecule has 1 amide bonds. The molecule has 1 heterocycles. The van der Waals surface area contributed by atoms with Crippen LogP contribution in [0.25, 0.3) is 0 Å². The lowest BCUT2D eigenvalue weighted by atomic mass is 10.2. The van der Waals surface area contributed by atoms with Gasteiger partial charge in [-0.15, -0.1) is 11.8 Å². The fourth-order valence-corrected chi connectivity index (χ4v) is 3.57. The Morgan fingerprint density at radius 2 is 1.92 bits per heavy atom. The quantitative estimate of drug-likeness (QED) is 0.601. The predicted molar refractivity (Wildman–Crippen MR) is 99.5 cm³/mol. The molecule has 0 atom stereocenters. The molecule has 0 bridgehead atoms. The van der Waals surface area contributed by atoms with Gasteiger partial charge in [-0.2, -0.15) is 4.98 Å². The lowest BCUT2D eigenvalue weighted by Crippen LogP contribution is -2.13. The van der Waals surface area contributed by atoms with Crippen LogP contribution in [0.1, 0.15) is 22.1 Å².